The van der Waals surface area contributed by atoms with E-state index in [1.807, 2.05) is 6.92 Å². The topological polar surface area (TPSA) is 46.5 Å². The van der Waals surface area contributed by atoms with Crippen molar-refractivity contribution in [2.24, 2.45) is 5.92 Å². The van der Waals surface area contributed by atoms with Crippen LogP contribution in [0.4, 0.5) is 0 Å². The molecule has 0 aliphatic carbocycles. The molecule has 0 spiro atoms. The number of rotatable bonds is 5. The van der Waals surface area contributed by atoms with E-state index in [0.29, 0.717) is 0 Å². The van der Waals surface area contributed by atoms with Gasteiger partial charge < -0.3 is 9.84 Å². The van der Waals surface area contributed by atoms with Gasteiger partial charge in [0.15, 0.2) is 0 Å². The number of methoxy groups -OCH3 is 1. The van der Waals surface area contributed by atoms with Gasteiger partial charge in [0.25, 0.3) is 0 Å². The molecule has 0 heterocycles. The number of carboxylic acids is 1. The maximum absolute atomic E-state index is 10.4. The highest BCUT2D eigenvalue weighted by Gasteiger charge is 2.12. The molecule has 0 saturated carbocycles. The van der Waals surface area contributed by atoms with E-state index in [0.717, 1.165) is 25.7 Å². The molecule has 1 unspecified atom stereocenters. The molecular formula is C10H22O3. The fourth-order valence-corrected chi connectivity index (χ4v) is 0.953. The van der Waals surface area contributed by atoms with E-state index in [1.54, 1.807) is 14.2 Å². The van der Waals surface area contributed by atoms with Crippen LogP contribution in [-0.4, -0.2) is 25.3 Å². The van der Waals surface area contributed by atoms with Gasteiger partial charge in [0.2, 0.25) is 0 Å². The van der Waals surface area contributed by atoms with Crippen molar-refractivity contribution in [2.75, 3.05) is 14.2 Å². The van der Waals surface area contributed by atoms with Crippen LogP contribution in [0.15, 0.2) is 0 Å². The molecule has 0 fully saturated rings. The largest absolute Gasteiger partial charge is 0.481 e. The summed E-state index contributed by atoms with van der Waals surface area (Å²) in [7, 11) is 3.25. The Morgan fingerprint density at radius 1 is 1.38 bits per heavy atom. The van der Waals surface area contributed by atoms with Gasteiger partial charge in [-0.1, -0.05) is 26.7 Å². The Morgan fingerprint density at radius 2 is 1.85 bits per heavy atom. The highest BCUT2D eigenvalue weighted by Crippen LogP contribution is 2.11. The minimum absolute atomic E-state index is 0.111. The van der Waals surface area contributed by atoms with E-state index in [4.69, 9.17) is 5.11 Å². The maximum Gasteiger partial charge on any atom is 0.306 e. The van der Waals surface area contributed by atoms with Crippen molar-refractivity contribution < 1.29 is 14.6 Å². The van der Waals surface area contributed by atoms with Crippen LogP contribution < -0.4 is 0 Å². The number of carboxylic acid groups (broad SMARTS) is 1. The monoisotopic (exact) mass is 190 g/mol. The summed E-state index contributed by atoms with van der Waals surface area (Å²) in [4.78, 5) is 10.4. The predicted octanol–water partition coefficient (Wildman–Crippen LogP) is 2.55. The third-order valence-electron chi connectivity index (χ3n) is 1.75. The van der Waals surface area contributed by atoms with Crippen LogP contribution in [0.2, 0.25) is 0 Å². The third kappa shape index (κ3) is 11.4. The molecule has 3 heteroatoms. The number of ether oxygens (including phenoxy) is 1. The lowest BCUT2D eigenvalue weighted by molar-refractivity contribution is -0.142. The molecule has 0 aliphatic rings. The number of unbranched alkanes of at least 4 members (excludes halogenated alkanes) is 1. The first-order valence-corrected chi connectivity index (χ1v) is 4.76. The summed E-state index contributed by atoms with van der Waals surface area (Å²) < 4.78 is 4.25. The Kier molecular flexibility index (Phi) is 13.1. The van der Waals surface area contributed by atoms with Crippen LogP contribution in [0.25, 0.3) is 0 Å². The Labute approximate surface area is 81.1 Å². The van der Waals surface area contributed by atoms with Crippen molar-refractivity contribution in [3.63, 3.8) is 0 Å². The van der Waals surface area contributed by atoms with Crippen LogP contribution in [0.1, 0.15) is 39.5 Å². The van der Waals surface area contributed by atoms with Crippen molar-refractivity contribution in [3.05, 3.63) is 0 Å². The molecule has 0 aromatic carbocycles. The Hall–Kier alpha value is -0.570. The van der Waals surface area contributed by atoms with Crippen molar-refractivity contribution in [1.82, 2.24) is 0 Å². The minimum atomic E-state index is -0.643. The zero-order valence-electron chi connectivity index (χ0n) is 9.17. The lowest BCUT2D eigenvalue weighted by atomic mass is 10.00. The van der Waals surface area contributed by atoms with E-state index in [-0.39, 0.29) is 5.92 Å². The molecule has 3 nitrogen and oxygen atoms in total. The van der Waals surface area contributed by atoms with Gasteiger partial charge in [-0.2, -0.15) is 0 Å². The molecule has 0 radical (unpaired) electrons. The molecule has 80 valence electrons. The SMILES string of the molecule is CCCCC(CC)C(=O)O.COC. The van der Waals surface area contributed by atoms with Gasteiger partial charge in [-0.25, -0.2) is 0 Å². The van der Waals surface area contributed by atoms with Gasteiger partial charge in [-0.3, -0.25) is 4.79 Å². The van der Waals surface area contributed by atoms with Gasteiger partial charge in [0, 0.05) is 14.2 Å². The second kappa shape index (κ2) is 11.4. The highest BCUT2D eigenvalue weighted by molar-refractivity contribution is 5.69. The van der Waals surface area contributed by atoms with Crippen molar-refractivity contribution in [1.29, 1.82) is 0 Å². The van der Waals surface area contributed by atoms with Crippen LogP contribution >= 0.6 is 0 Å². The molecule has 1 N–H and O–H groups in total. The first kappa shape index (κ1) is 14.9. The zero-order valence-corrected chi connectivity index (χ0v) is 9.17. The first-order valence-electron chi connectivity index (χ1n) is 4.76. The summed E-state index contributed by atoms with van der Waals surface area (Å²) in [5, 5.41) is 8.60. The summed E-state index contributed by atoms with van der Waals surface area (Å²) in [6, 6.07) is 0. The average Bonchev–Trinajstić information content (AvgIpc) is 2.06. The summed E-state index contributed by atoms with van der Waals surface area (Å²) in [5.74, 6) is -0.754. The molecule has 0 bridgehead atoms. The molecule has 0 saturated heterocycles. The Balaban J connectivity index is 0. The number of hydrogen-bond acceptors (Lipinski definition) is 2. The van der Waals surface area contributed by atoms with Crippen LogP contribution in [-0.2, 0) is 9.53 Å². The molecule has 13 heavy (non-hydrogen) atoms. The fraction of sp³-hybridized carbons (Fsp3) is 0.900. The quantitative estimate of drug-likeness (QED) is 0.724. The highest BCUT2D eigenvalue weighted by atomic mass is 16.4. The summed E-state index contributed by atoms with van der Waals surface area (Å²) in [6.45, 7) is 4.00. The minimum Gasteiger partial charge on any atom is -0.481 e. The van der Waals surface area contributed by atoms with Crippen LogP contribution in [0.3, 0.4) is 0 Å². The number of hydrogen-bond donors (Lipinski definition) is 1. The van der Waals surface area contributed by atoms with Crippen LogP contribution in [0.5, 0.6) is 0 Å². The van der Waals surface area contributed by atoms with Crippen LogP contribution in [0, 0.1) is 5.92 Å². The molecular weight excluding hydrogens is 168 g/mol. The van der Waals surface area contributed by atoms with Crippen molar-refractivity contribution >= 4 is 5.97 Å². The predicted molar refractivity (Wildman–Crippen MR) is 53.9 cm³/mol. The molecule has 0 aromatic heterocycles. The molecule has 0 aliphatic heterocycles. The van der Waals surface area contributed by atoms with Gasteiger partial charge in [0.1, 0.15) is 0 Å². The normalized spacial score (nSPS) is 11.4. The molecule has 0 rings (SSSR count). The number of carbonyl (C=O) groups is 1. The maximum atomic E-state index is 10.4. The summed E-state index contributed by atoms with van der Waals surface area (Å²) in [5.41, 5.74) is 0. The second-order valence-electron chi connectivity index (χ2n) is 2.99. The van der Waals surface area contributed by atoms with Crippen molar-refractivity contribution in [2.45, 2.75) is 39.5 Å². The Morgan fingerprint density at radius 3 is 2.08 bits per heavy atom. The van der Waals surface area contributed by atoms with E-state index < -0.39 is 5.97 Å². The summed E-state index contributed by atoms with van der Waals surface area (Å²) >= 11 is 0. The average molecular weight is 190 g/mol. The molecule has 0 amide bonds. The molecule has 0 aromatic rings. The lowest BCUT2D eigenvalue weighted by Crippen LogP contribution is -2.11. The van der Waals surface area contributed by atoms with E-state index in [9.17, 15) is 4.79 Å². The first-order chi connectivity index (χ1) is 6.13. The van der Waals surface area contributed by atoms with Gasteiger partial charge in [-0.15, -0.1) is 0 Å². The van der Waals surface area contributed by atoms with E-state index in [1.165, 1.54) is 0 Å². The van der Waals surface area contributed by atoms with Gasteiger partial charge >= 0.3 is 5.97 Å². The second-order valence-corrected chi connectivity index (χ2v) is 2.99. The smallest absolute Gasteiger partial charge is 0.306 e. The van der Waals surface area contributed by atoms with E-state index >= 15 is 0 Å². The third-order valence-corrected chi connectivity index (χ3v) is 1.75. The Bertz CT molecular complexity index is 113. The van der Waals surface area contributed by atoms with E-state index in [2.05, 4.69) is 11.7 Å². The van der Waals surface area contributed by atoms with Gasteiger partial charge in [-0.05, 0) is 12.8 Å². The fourth-order valence-electron chi connectivity index (χ4n) is 0.953. The zero-order chi connectivity index (χ0) is 10.7. The standard InChI is InChI=1S/C8H16O2.C2H6O/c1-3-5-6-7(4-2)8(9)10;1-3-2/h7H,3-6H2,1-2H3,(H,9,10);1-2H3. The summed E-state index contributed by atoms with van der Waals surface area (Å²) in [6.07, 6.45) is 3.71. The van der Waals surface area contributed by atoms with Crippen molar-refractivity contribution in [3.8, 4) is 0 Å². The van der Waals surface area contributed by atoms with Gasteiger partial charge in [0.05, 0.1) is 5.92 Å². The lowest BCUT2D eigenvalue weighted by Gasteiger charge is -2.06. The molecule has 1 atom stereocenters. The number of aliphatic carboxylic acids is 1.